The van der Waals surface area contributed by atoms with Crippen molar-refractivity contribution in [1.29, 1.82) is 0 Å². The van der Waals surface area contributed by atoms with Crippen LogP contribution >= 0.6 is 0 Å². The molecule has 0 saturated heterocycles. The minimum Gasteiger partial charge on any atom is -0.462 e. The average Bonchev–Trinajstić information content (AvgIpc) is 2.81. The Hall–Kier alpha value is -2.56. The summed E-state index contributed by atoms with van der Waals surface area (Å²) in [4.78, 5) is 27.8. The van der Waals surface area contributed by atoms with Gasteiger partial charge in [0.05, 0.1) is 23.9 Å². The molecule has 1 aromatic heterocycles. The standard InChI is InChI=1S/C19H24N2O3/c1-6-24-19(23)16-12(3)17(21-13(16)4)18(22)14(5)20-15-9-7-8-11(2)10-15/h7-10,14,20-21H,6H2,1-5H3/t14-/m0/s1. The minimum atomic E-state index is -0.418. The van der Waals surface area contributed by atoms with E-state index in [9.17, 15) is 9.59 Å². The second kappa shape index (κ2) is 7.34. The predicted octanol–water partition coefficient (Wildman–Crippen LogP) is 3.80. The van der Waals surface area contributed by atoms with Crippen LogP contribution in [0.15, 0.2) is 24.3 Å². The van der Waals surface area contributed by atoms with Crippen molar-refractivity contribution >= 4 is 17.4 Å². The summed E-state index contributed by atoms with van der Waals surface area (Å²) in [5.74, 6) is -0.491. The van der Waals surface area contributed by atoms with E-state index in [2.05, 4.69) is 10.3 Å². The van der Waals surface area contributed by atoms with Crippen molar-refractivity contribution in [2.24, 2.45) is 0 Å². The number of aromatic amines is 1. The number of hydrogen-bond acceptors (Lipinski definition) is 4. The van der Waals surface area contributed by atoms with Gasteiger partial charge in [0.15, 0.2) is 0 Å². The molecule has 0 radical (unpaired) electrons. The number of ether oxygens (including phenoxy) is 1. The molecule has 0 spiro atoms. The van der Waals surface area contributed by atoms with Gasteiger partial charge < -0.3 is 15.0 Å². The fourth-order valence-corrected chi connectivity index (χ4v) is 2.77. The van der Waals surface area contributed by atoms with Gasteiger partial charge in [-0.05, 0) is 57.9 Å². The lowest BCUT2D eigenvalue weighted by atomic mass is 10.0. The van der Waals surface area contributed by atoms with Crippen LogP contribution in [0.25, 0.3) is 0 Å². The first-order valence-corrected chi connectivity index (χ1v) is 8.08. The van der Waals surface area contributed by atoms with E-state index in [1.54, 1.807) is 20.8 Å². The van der Waals surface area contributed by atoms with E-state index in [1.807, 2.05) is 38.1 Å². The summed E-state index contributed by atoms with van der Waals surface area (Å²) in [6, 6.07) is 7.44. The molecule has 0 aliphatic heterocycles. The molecular weight excluding hydrogens is 304 g/mol. The summed E-state index contributed by atoms with van der Waals surface area (Å²) >= 11 is 0. The molecule has 0 aliphatic carbocycles. The van der Waals surface area contributed by atoms with Gasteiger partial charge in [-0.25, -0.2) is 4.79 Å². The number of ketones is 1. The number of anilines is 1. The Morgan fingerprint density at radius 1 is 1.25 bits per heavy atom. The van der Waals surface area contributed by atoms with Gasteiger partial charge in [0.1, 0.15) is 0 Å². The van der Waals surface area contributed by atoms with Gasteiger partial charge in [-0.2, -0.15) is 0 Å². The molecule has 2 N–H and O–H groups in total. The van der Waals surface area contributed by atoms with Gasteiger partial charge in [0.25, 0.3) is 0 Å². The topological polar surface area (TPSA) is 71.2 Å². The Labute approximate surface area is 142 Å². The van der Waals surface area contributed by atoms with E-state index >= 15 is 0 Å². The lowest BCUT2D eigenvalue weighted by Gasteiger charge is -2.14. The van der Waals surface area contributed by atoms with E-state index in [0.29, 0.717) is 29.1 Å². The Morgan fingerprint density at radius 2 is 1.96 bits per heavy atom. The molecule has 0 bridgehead atoms. The molecule has 128 valence electrons. The van der Waals surface area contributed by atoms with Crippen LogP contribution in [-0.2, 0) is 4.74 Å². The lowest BCUT2D eigenvalue weighted by Crippen LogP contribution is -2.27. The zero-order valence-electron chi connectivity index (χ0n) is 14.8. The minimum absolute atomic E-state index is 0.0901. The van der Waals surface area contributed by atoms with E-state index in [-0.39, 0.29) is 5.78 Å². The molecule has 5 heteroatoms. The number of H-pyrrole nitrogens is 1. The zero-order valence-corrected chi connectivity index (χ0v) is 14.8. The fourth-order valence-electron chi connectivity index (χ4n) is 2.77. The normalized spacial score (nSPS) is 11.9. The Bertz CT molecular complexity index is 762. The van der Waals surface area contributed by atoms with Crippen LogP contribution in [0.3, 0.4) is 0 Å². The molecule has 1 aromatic carbocycles. The van der Waals surface area contributed by atoms with Gasteiger partial charge in [0.2, 0.25) is 5.78 Å². The van der Waals surface area contributed by atoms with Crippen molar-refractivity contribution in [2.75, 3.05) is 11.9 Å². The summed E-state index contributed by atoms with van der Waals surface area (Å²) in [7, 11) is 0. The van der Waals surface area contributed by atoms with Crippen LogP contribution in [0, 0.1) is 20.8 Å². The highest BCUT2D eigenvalue weighted by Gasteiger charge is 2.25. The van der Waals surface area contributed by atoms with Crippen molar-refractivity contribution in [2.45, 2.75) is 40.7 Å². The van der Waals surface area contributed by atoms with Gasteiger partial charge in [0, 0.05) is 11.4 Å². The molecule has 1 heterocycles. The molecule has 0 saturated carbocycles. The van der Waals surface area contributed by atoms with Crippen molar-refractivity contribution in [3.8, 4) is 0 Å². The van der Waals surface area contributed by atoms with E-state index in [4.69, 9.17) is 4.74 Å². The number of aromatic nitrogens is 1. The number of carbonyl (C=O) groups is 2. The summed E-state index contributed by atoms with van der Waals surface area (Å²) in [6.07, 6.45) is 0. The molecule has 1 atom stereocenters. The van der Waals surface area contributed by atoms with E-state index in [1.165, 1.54) is 0 Å². The number of Topliss-reactive ketones (excluding diaryl/α,β-unsaturated/α-hetero) is 1. The monoisotopic (exact) mass is 328 g/mol. The quantitative estimate of drug-likeness (QED) is 0.625. The number of rotatable bonds is 6. The third kappa shape index (κ3) is 3.67. The van der Waals surface area contributed by atoms with Gasteiger partial charge in [-0.15, -0.1) is 0 Å². The number of benzene rings is 1. The summed E-state index contributed by atoms with van der Waals surface area (Å²) < 4.78 is 5.07. The van der Waals surface area contributed by atoms with Crippen molar-refractivity contribution < 1.29 is 14.3 Å². The van der Waals surface area contributed by atoms with Crippen LogP contribution in [0.1, 0.15) is 51.5 Å². The molecule has 2 rings (SSSR count). The van der Waals surface area contributed by atoms with Gasteiger partial charge >= 0.3 is 5.97 Å². The van der Waals surface area contributed by atoms with Crippen LogP contribution < -0.4 is 5.32 Å². The van der Waals surface area contributed by atoms with Crippen molar-refractivity contribution in [3.63, 3.8) is 0 Å². The molecule has 0 unspecified atom stereocenters. The molecule has 0 amide bonds. The Morgan fingerprint density at radius 3 is 2.58 bits per heavy atom. The van der Waals surface area contributed by atoms with Crippen molar-refractivity contribution in [3.05, 3.63) is 52.3 Å². The number of aryl methyl sites for hydroxylation is 2. The summed E-state index contributed by atoms with van der Waals surface area (Å²) in [6.45, 7) is 9.41. The Kier molecular flexibility index (Phi) is 5.44. The summed E-state index contributed by atoms with van der Waals surface area (Å²) in [5, 5.41) is 3.21. The first-order chi connectivity index (χ1) is 11.3. The van der Waals surface area contributed by atoms with Gasteiger partial charge in [-0.3, -0.25) is 4.79 Å². The number of carbonyl (C=O) groups excluding carboxylic acids is 2. The maximum absolute atomic E-state index is 12.8. The van der Waals surface area contributed by atoms with Crippen LogP contribution in [0.4, 0.5) is 5.69 Å². The van der Waals surface area contributed by atoms with Crippen LogP contribution in [0.5, 0.6) is 0 Å². The highest BCUT2D eigenvalue weighted by molar-refractivity contribution is 6.04. The molecule has 24 heavy (non-hydrogen) atoms. The predicted molar refractivity (Wildman–Crippen MR) is 94.8 cm³/mol. The number of hydrogen-bond donors (Lipinski definition) is 2. The first-order valence-electron chi connectivity index (χ1n) is 8.08. The highest BCUT2D eigenvalue weighted by atomic mass is 16.5. The Balaban J connectivity index is 2.23. The number of nitrogens with one attached hydrogen (secondary N) is 2. The second-order valence-corrected chi connectivity index (χ2v) is 5.95. The van der Waals surface area contributed by atoms with Crippen LogP contribution in [-0.4, -0.2) is 29.4 Å². The molecular formula is C19H24N2O3. The molecule has 0 fully saturated rings. The van der Waals surface area contributed by atoms with Gasteiger partial charge in [-0.1, -0.05) is 12.1 Å². The maximum Gasteiger partial charge on any atom is 0.340 e. The number of esters is 1. The smallest absolute Gasteiger partial charge is 0.340 e. The SMILES string of the molecule is CCOC(=O)c1c(C)[nH]c(C(=O)[C@H](C)Nc2cccc(C)c2)c1C. The largest absolute Gasteiger partial charge is 0.462 e. The molecule has 5 nitrogen and oxygen atoms in total. The maximum atomic E-state index is 12.8. The fraction of sp³-hybridized carbons (Fsp3) is 0.368. The average molecular weight is 328 g/mol. The first kappa shape index (κ1) is 17.8. The summed E-state index contributed by atoms with van der Waals surface area (Å²) in [5.41, 5.74) is 4.19. The lowest BCUT2D eigenvalue weighted by molar-refractivity contribution is 0.0525. The van der Waals surface area contributed by atoms with Crippen LogP contribution in [0.2, 0.25) is 0 Å². The van der Waals surface area contributed by atoms with E-state index in [0.717, 1.165) is 11.3 Å². The zero-order chi connectivity index (χ0) is 17.9. The third-order valence-corrected chi connectivity index (χ3v) is 3.96. The molecule has 2 aromatic rings. The van der Waals surface area contributed by atoms with Crippen molar-refractivity contribution in [1.82, 2.24) is 4.98 Å². The third-order valence-electron chi connectivity index (χ3n) is 3.96. The second-order valence-electron chi connectivity index (χ2n) is 5.95. The van der Waals surface area contributed by atoms with E-state index < -0.39 is 12.0 Å². The molecule has 0 aliphatic rings. The highest BCUT2D eigenvalue weighted by Crippen LogP contribution is 2.21.